The van der Waals surface area contributed by atoms with E-state index in [1.54, 1.807) is 12.3 Å². The Bertz CT molecular complexity index is 964. The number of hydrogen-bond acceptors (Lipinski definition) is 5. The van der Waals surface area contributed by atoms with Gasteiger partial charge in [-0.25, -0.2) is 13.4 Å². The lowest BCUT2D eigenvalue weighted by Crippen LogP contribution is -2.17. The van der Waals surface area contributed by atoms with Gasteiger partial charge in [-0.15, -0.1) is 11.3 Å². The van der Waals surface area contributed by atoms with Gasteiger partial charge in [0, 0.05) is 22.8 Å². The van der Waals surface area contributed by atoms with E-state index in [0.717, 1.165) is 34.8 Å². The molecule has 4 rings (SSSR count). The van der Waals surface area contributed by atoms with Gasteiger partial charge in [0.25, 0.3) is 0 Å². The van der Waals surface area contributed by atoms with Gasteiger partial charge >= 0.3 is 0 Å². The number of nitrogens with one attached hydrogen (secondary N) is 1. The zero-order valence-corrected chi connectivity index (χ0v) is 14.3. The Morgan fingerprint density at radius 1 is 1.08 bits per heavy atom. The summed E-state index contributed by atoms with van der Waals surface area (Å²) in [5, 5.41) is 2.56. The molecule has 0 bridgehead atoms. The third-order valence-corrected chi connectivity index (χ3v) is 6.50. The van der Waals surface area contributed by atoms with Gasteiger partial charge in [0.1, 0.15) is 5.01 Å². The molecule has 1 N–H and O–H groups in total. The first-order chi connectivity index (χ1) is 11.6. The van der Waals surface area contributed by atoms with Gasteiger partial charge < -0.3 is 0 Å². The first-order valence-electron chi connectivity index (χ1n) is 7.61. The highest BCUT2D eigenvalue weighted by Crippen LogP contribution is 2.32. The SMILES string of the molecule is O=S(=O)(Nc1cccc(-c2csc(-c3ccccn3)n2)c1)C1CC1. The molecule has 3 aromatic rings. The molecular weight excluding hydrogens is 342 g/mol. The lowest BCUT2D eigenvalue weighted by Gasteiger charge is -2.07. The van der Waals surface area contributed by atoms with Gasteiger partial charge in [-0.3, -0.25) is 9.71 Å². The minimum absolute atomic E-state index is 0.240. The van der Waals surface area contributed by atoms with Gasteiger partial charge in [0.2, 0.25) is 10.0 Å². The number of sulfonamides is 1. The lowest BCUT2D eigenvalue weighted by molar-refractivity contribution is 0.600. The third-order valence-electron chi connectivity index (χ3n) is 3.77. The Balaban J connectivity index is 1.61. The molecule has 0 saturated heterocycles. The molecule has 0 unspecified atom stereocenters. The maximum absolute atomic E-state index is 12.1. The van der Waals surface area contributed by atoms with Crippen molar-refractivity contribution in [3.05, 3.63) is 54.0 Å². The molecule has 0 spiro atoms. The molecule has 0 amide bonds. The van der Waals surface area contributed by atoms with E-state index >= 15 is 0 Å². The van der Waals surface area contributed by atoms with E-state index in [-0.39, 0.29) is 5.25 Å². The van der Waals surface area contributed by atoms with Gasteiger partial charge in [-0.05, 0) is 37.1 Å². The smallest absolute Gasteiger partial charge is 0.235 e. The first-order valence-corrected chi connectivity index (χ1v) is 10.0. The first kappa shape index (κ1) is 15.3. The fourth-order valence-electron chi connectivity index (χ4n) is 2.38. The van der Waals surface area contributed by atoms with Crippen LogP contribution in [0.15, 0.2) is 54.0 Å². The van der Waals surface area contributed by atoms with Gasteiger partial charge in [-0.2, -0.15) is 0 Å². The van der Waals surface area contributed by atoms with Crippen molar-refractivity contribution in [2.75, 3.05) is 4.72 Å². The average molecular weight is 357 g/mol. The van der Waals surface area contributed by atoms with Crippen molar-refractivity contribution >= 4 is 27.0 Å². The zero-order valence-electron chi connectivity index (χ0n) is 12.7. The summed E-state index contributed by atoms with van der Waals surface area (Å²) in [5.41, 5.74) is 3.10. The molecule has 1 saturated carbocycles. The summed E-state index contributed by atoms with van der Waals surface area (Å²) in [6, 6.07) is 13.0. The van der Waals surface area contributed by atoms with Crippen LogP contribution in [0.2, 0.25) is 0 Å². The summed E-state index contributed by atoms with van der Waals surface area (Å²) in [6.45, 7) is 0. The second-order valence-electron chi connectivity index (χ2n) is 5.68. The standard InChI is InChI=1S/C17H15N3O2S2/c21-24(22,14-7-8-14)20-13-5-3-4-12(10-13)16-11-23-17(19-16)15-6-1-2-9-18-15/h1-6,9-11,14,20H,7-8H2. The quantitative estimate of drug-likeness (QED) is 0.754. The number of benzene rings is 1. The van der Waals surface area contributed by atoms with Crippen LogP contribution >= 0.6 is 11.3 Å². The average Bonchev–Trinajstić information content (AvgIpc) is 3.34. The van der Waals surface area contributed by atoms with E-state index in [2.05, 4.69) is 14.7 Å². The summed E-state index contributed by atoms with van der Waals surface area (Å²) >= 11 is 1.52. The van der Waals surface area contributed by atoms with Crippen LogP contribution < -0.4 is 4.72 Å². The molecule has 5 nitrogen and oxygen atoms in total. The Labute approximate surface area is 144 Å². The van der Waals surface area contributed by atoms with Crippen LogP contribution in [0.5, 0.6) is 0 Å². The fraction of sp³-hybridized carbons (Fsp3) is 0.176. The van der Waals surface area contributed by atoms with Crippen molar-refractivity contribution < 1.29 is 8.42 Å². The normalized spacial score (nSPS) is 14.5. The molecule has 2 heterocycles. The highest BCUT2D eigenvalue weighted by molar-refractivity contribution is 7.93. The van der Waals surface area contributed by atoms with E-state index < -0.39 is 10.0 Å². The van der Waals surface area contributed by atoms with Crippen molar-refractivity contribution in [1.29, 1.82) is 0 Å². The van der Waals surface area contributed by atoms with Crippen LogP contribution in [0.25, 0.3) is 22.0 Å². The van der Waals surface area contributed by atoms with E-state index in [0.29, 0.717) is 5.69 Å². The number of aromatic nitrogens is 2. The summed E-state index contributed by atoms with van der Waals surface area (Å²) in [5.74, 6) is 0. The van der Waals surface area contributed by atoms with E-state index in [1.165, 1.54) is 11.3 Å². The minimum atomic E-state index is -3.25. The molecule has 1 aromatic carbocycles. The zero-order chi connectivity index (χ0) is 16.6. The van der Waals surface area contributed by atoms with Crippen LogP contribution in [-0.2, 0) is 10.0 Å². The summed E-state index contributed by atoms with van der Waals surface area (Å²) < 4.78 is 26.8. The highest BCUT2D eigenvalue weighted by Gasteiger charge is 2.35. The summed E-state index contributed by atoms with van der Waals surface area (Å²) in [6.07, 6.45) is 3.23. The third kappa shape index (κ3) is 3.18. The molecule has 0 atom stereocenters. The highest BCUT2D eigenvalue weighted by atomic mass is 32.2. The predicted octanol–water partition coefficient (Wildman–Crippen LogP) is 3.78. The van der Waals surface area contributed by atoms with Crippen LogP contribution in [0, 0.1) is 0 Å². The maximum atomic E-state index is 12.1. The second kappa shape index (κ2) is 5.99. The van der Waals surface area contributed by atoms with Crippen LogP contribution in [0.3, 0.4) is 0 Å². The molecule has 0 radical (unpaired) electrons. The van der Waals surface area contributed by atoms with Gasteiger partial charge in [0.15, 0.2) is 0 Å². The van der Waals surface area contributed by atoms with Gasteiger partial charge in [0.05, 0.1) is 16.6 Å². The molecule has 122 valence electrons. The molecule has 1 aliphatic carbocycles. The van der Waals surface area contributed by atoms with Crippen molar-refractivity contribution in [3.63, 3.8) is 0 Å². The fourth-order valence-corrected chi connectivity index (χ4v) is 4.56. The predicted molar refractivity (Wildman–Crippen MR) is 96.3 cm³/mol. The summed E-state index contributed by atoms with van der Waals surface area (Å²) in [4.78, 5) is 8.92. The van der Waals surface area contributed by atoms with E-state index in [1.807, 2.05) is 41.8 Å². The minimum Gasteiger partial charge on any atom is -0.283 e. The van der Waals surface area contributed by atoms with E-state index in [9.17, 15) is 8.42 Å². The van der Waals surface area contributed by atoms with Crippen molar-refractivity contribution in [2.45, 2.75) is 18.1 Å². The van der Waals surface area contributed by atoms with Crippen molar-refractivity contribution in [2.24, 2.45) is 0 Å². The molecule has 7 heteroatoms. The topological polar surface area (TPSA) is 72.0 Å². The molecule has 2 aromatic heterocycles. The van der Waals surface area contributed by atoms with Crippen molar-refractivity contribution in [1.82, 2.24) is 9.97 Å². The van der Waals surface area contributed by atoms with Crippen LogP contribution in [0.4, 0.5) is 5.69 Å². The molecule has 1 aliphatic rings. The number of anilines is 1. The number of nitrogens with zero attached hydrogens (tertiary/aromatic N) is 2. The Kier molecular flexibility index (Phi) is 3.82. The van der Waals surface area contributed by atoms with Crippen molar-refractivity contribution in [3.8, 4) is 22.0 Å². The summed E-state index contributed by atoms with van der Waals surface area (Å²) in [7, 11) is -3.25. The Morgan fingerprint density at radius 2 is 1.96 bits per heavy atom. The number of hydrogen-bond donors (Lipinski definition) is 1. The van der Waals surface area contributed by atoms with Crippen LogP contribution in [-0.4, -0.2) is 23.6 Å². The van der Waals surface area contributed by atoms with Gasteiger partial charge in [-0.1, -0.05) is 18.2 Å². The largest absolute Gasteiger partial charge is 0.283 e. The Morgan fingerprint density at radius 3 is 2.71 bits per heavy atom. The molecule has 1 fully saturated rings. The number of rotatable bonds is 5. The Hall–Kier alpha value is -2.25. The molecule has 0 aliphatic heterocycles. The number of pyridine rings is 1. The maximum Gasteiger partial charge on any atom is 0.235 e. The van der Waals surface area contributed by atoms with Crippen LogP contribution in [0.1, 0.15) is 12.8 Å². The molecular formula is C17H15N3O2S2. The lowest BCUT2D eigenvalue weighted by atomic mass is 10.1. The second-order valence-corrected chi connectivity index (χ2v) is 8.50. The monoisotopic (exact) mass is 357 g/mol. The number of thiazole rings is 1. The molecule has 24 heavy (non-hydrogen) atoms. The van der Waals surface area contributed by atoms with E-state index in [4.69, 9.17) is 0 Å².